The number of rotatable bonds is 9. The Bertz CT molecular complexity index is 184. The second kappa shape index (κ2) is 8.86. The number of ether oxygens (including phenoxy) is 2. The Labute approximate surface area is 105 Å². The molecule has 17 heavy (non-hydrogen) atoms. The van der Waals surface area contributed by atoms with Crippen LogP contribution >= 0.6 is 0 Å². The van der Waals surface area contributed by atoms with Gasteiger partial charge in [0.2, 0.25) is 0 Å². The molecule has 1 unspecified atom stereocenters. The van der Waals surface area contributed by atoms with Crippen molar-refractivity contribution in [2.45, 2.75) is 44.8 Å². The van der Waals surface area contributed by atoms with Gasteiger partial charge in [-0.2, -0.15) is 0 Å². The molecular weight excluding hydrogens is 218 g/mol. The molecule has 1 aliphatic rings. The van der Waals surface area contributed by atoms with E-state index in [1.54, 1.807) is 7.11 Å². The Kier molecular flexibility index (Phi) is 7.77. The SMILES string of the molecule is CCN(CC(O)COCCOC)C1CCCC1. The average Bonchev–Trinajstić information content (AvgIpc) is 2.85. The van der Waals surface area contributed by atoms with Crippen LogP contribution in [0.1, 0.15) is 32.6 Å². The van der Waals surface area contributed by atoms with E-state index < -0.39 is 0 Å². The highest BCUT2D eigenvalue weighted by Gasteiger charge is 2.23. The maximum Gasteiger partial charge on any atom is 0.0900 e. The minimum absolute atomic E-state index is 0.382. The molecule has 0 aromatic carbocycles. The largest absolute Gasteiger partial charge is 0.389 e. The van der Waals surface area contributed by atoms with Crippen LogP contribution in [0.2, 0.25) is 0 Å². The fourth-order valence-electron chi connectivity index (χ4n) is 2.49. The lowest BCUT2D eigenvalue weighted by Gasteiger charge is -2.29. The fraction of sp³-hybridized carbons (Fsp3) is 1.00. The van der Waals surface area contributed by atoms with Crippen LogP contribution in [0.15, 0.2) is 0 Å². The molecule has 0 aliphatic heterocycles. The van der Waals surface area contributed by atoms with Crippen LogP contribution < -0.4 is 0 Å². The Balaban J connectivity index is 2.15. The van der Waals surface area contributed by atoms with Crippen molar-refractivity contribution in [1.29, 1.82) is 0 Å². The fourth-order valence-corrected chi connectivity index (χ4v) is 2.49. The van der Waals surface area contributed by atoms with E-state index in [1.165, 1.54) is 25.7 Å². The van der Waals surface area contributed by atoms with Crippen molar-refractivity contribution in [2.75, 3.05) is 40.0 Å². The van der Waals surface area contributed by atoms with E-state index in [-0.39, 0.29) is 6.10 Å². The van der Waals surface area contributed by atoms with Gasteiger partial charge in [0, 0.05) is 19.7 Å². The van der Waals surface area contributed by atoms with Crippen LogP contribution in [0.3, 0.4) is 0 Å². The Morgan fingerprint density at radius 3 is 2.59 bits per heavy atom. The Hall–Kier alpha value is -0.160. The summed E-state index contributed by atoms with van der Waals surface area (Å²) in [5.41, 5.74) is 0. The van der Waals surface area contributed by atoms with Crippen LogP contribution in [0.4, 0.5) is 0 Å². The predicted octanol–water partition coefficient (Wildman–Crippen LogP) is 1.27. The molecular formula is C13H27NO3. The van der Waals surface area contributed by atoms with Crippen molar-refractivity contribution < 1.29 is 14.6 Å². The number of methoxy groups -OCH3 is 1. The van der Waals surface area contributed by atoms with E-state index in [0.717, 1.165) is 13.1 Å². The predicted molar refractivity (Wildman–Crippen MR) is 68.2 cm³/mol. The topological polar surface area (TPSA) is 41.9 Å². The van der Waals surface area contributed by atoms with Gasteiger partial charge < -0.3 is 14.6 Å². The molecule has 1 atom stereocenters. The molecule has 0 amide bonds. The molecule has 1 rings (SSSR count). The van der Waals surface area contributed by atoms with E-state index in [9.17, 15) is 5.11 Å². The summed E-state index contributed by atoms with van der Waals surface area (Å²) in [6, 6.07) is 0.675. The standard InChI is InChI=1S/C13H27NO3/c1-3-14(12-6-4-5-7-12)10-13(15)11-17-9-8-16-2/h12-13,15H,3-11H2,1-2H3. The van der Waals surface area contributed by atoms with Crippen LogP contribution in [0, 0.1) is 0 Å². The van der Waals surface area contributed by atoms with Gasteiger partial charge in [-0.25, -0.2) is 0 Å². The van der Waals surface area contributed by atoms with Crippen LogP contribution in [-0.2, 0) is 9.47 Å². The maximum absolute atomic E-state index is 9.90. The quantitative estimate of drug-likeness (QED) is 0.621. The number of likely N-dealkylation sites (N-methyl/N-ethyl adjacent to an activating group) is 1. The average molecular weight is 245 g/mol. The van der Waals surface area contributed by atoms with Gasteiger partial charge in [-0.3, -0.25) is 4.90 Å². The van der Waals surface area contributed by atoms with Gasteiger partial charge in [0.1, 0.15) is 0 Å². The van der Waals surface area contributed by atoms with Crippen LogP contribution in [0.5, 0.6) is 0 Å². The molecule has 1 aliphatic carbocycles. The number of nitrogens with zero attached hydrogens (tertiary/aromatic N) is 1. The molecule has 0 saturated heterocycles. The third-order valence-corrected chi connectivity index (χ3v) is 3.43. The highest BCUT2D eigenvalue weighted by molar-refractivity contribution is 4.78. The minimum Gasteiger partial charge on any atom is -0.389 e. The van der Waals surface area contributed by atoms with Crippen molar-refractivity contribution in [3.63, 3.8) is 0 Å². The lowest BCUT2D eigenvalue weighted by Crippen LogP contribution is -2.40. The van der Waals surface area contributed by atoms with Crippen molar-refractivity contribution in [2.24, 2.45) is 0 Å². The van der Waals surface area contributed by atoms with Gasteiger partial charge in [0.05, 0.1) is 25.9 Å². The number of aliphatic hydroxyl groups excluding tert-OH is 1. The van der Waals surface area contributed by atoms with E-state index in [0.29, 0.717) is 25.9 Å². The van der Waals surface area contributed by atoms with E-state index in [2.05, 4.69) is 11.8 Å². The Morgan fingerprint density at radius 1 is 1.29 bits per heavy atom. The third-order valence-electron chi connectivity index (χ3n) is 3.43. The van der Waals surface area contributed by atoms with Gasteiger partial charge in [0.15, 0.2) is 0 Å². The van der Waals surface area contributed by atoms with Gasteiger partial charge in [0.25, 0.3) is 0 Å². The zero-order valence-electron chi connectivity index (χ0n) is 11.2. The number of hydrogen-bond acceptors (Lipinski definition) is 4. The van der Waals surface area contributed by atoms with Crippen LogP contribution in [0.25, 0.3) is 0 Å². The molecule has 1 N–H and O–H groups in total. The van der Waals surface area contributed by atoms with Gasteiger partial charge in [-0.1, -0.05) is 19.8 Å². The van der Waals surface area contributed by atoms with Gasteiger partial charge in [-0.15, -0.1) is 0 Å². The summed E-state index contributed by atoms with van der Waals surface area (Å²) in [5, 5.41) is 9.90. The van der Waals surface area contributed by atoms with Crippen LogP contribution in [-0.4, -0.2) is 62.2 Å². The molecule has 0 spiro atoms. The second-order valence-corrected chi connectivity index (χ2v) is 4.75. The third kappa shape index (κ3) is 5.82. The zero-order valence-corrected chi connectivity index (χ0v) is 11.2. The molecule has 0 heterocycles. The molecule has 102 valence electrons. The highest BCUT2D eigenvalue weighted by Crippen LogP contribution is 2.23. The van der Waals surface area contributed by atoms with E-state index in [1.807, 2.05) is 0 Å². The summed E-state index contributed by atoms with van der Waals surface area (Å²) in [7, 11) is 1.65. The Morgan fingerprint density at radius 2 is 2.00 bits per heavy atom. The molecule has 0 aromatic heterocycles. The lowest BCUT2D eigenvalue weighted by atomic mass is 10.2. The summed E-state index contributed by atoms with van der Waals surface area (Å²) < 4.78 is 10.2. The number of hydrogen-bond donors (Lipinski definition) is 1. The van der Waals surface area contributed by atoms with Crippen molar-refractivity contribution >= 4 is 0 Å². The van der Waals surface area contributed by atoms with Gasteiger partial charge >= 0.3 is 0 Å². The summed E-state index contributed by atoms with van der Waals surface area (Å²) in [6.07, 6.45) is 4.85. The minimum atomic E-state index is -0.382. The highest BCUT2D eigenvalue weighted by atomic mass is 16.5. The zero-order chi connectivity index (χ0) is 12.5. The summed E-state index contributed by atoms with van der Waals surface area (Å²) >= 11 is 0. The molecule has 1 fully saturated rings. The first-order valence-electron chi connectivity index (χ1n) is 6.76. The summed E-state index contributed by atoms with van der Waals surface area (Å²) in [5.74, 6) is 0. The second-order valence-electron chi connectivity index (χ2n) is 4.75. The molecule has 1 saturated carbocycles. The van der Waals surface area contributed by atoms with Crippen molar-refractivity contribution in [1.82, 2.24) is 4.90 Å². The molecule has 4 nitrogen and oxygen atoms in total. The first kappa shape index (κ1) is 14.9. The lowest BCUT2D eigenvalue weighted by molar-refractivity contribution is -0.00527. The van der Waals surface area contributed by atoms with Crippen molar-refractivity contribution in [3.05, 3.63) is 0 Å². The molecule has 0 radical (unpaired) electrons. The van der Waals surface area contributed by atoms with E-state index >= 15 is 0 Å². The maximum atomic E-state index is 9.90. The molecule has 0 aromatic rings. The molecule has 0 bridgehead atoms. The summed E-state index contributed by atoms with van der Waals surface area (Å²) in [6.45, 7) is 5.47. The normalized spacial score (nSPS) is 19.1. The first-order chi connectivity index (χ1) is 8.27. The smallest absolute Gasteiger partial charge is 0.0900 e. The first-order valence-corrected chi connectivity index (χ1v) is 6.76. The number of aliphatic hydroxyl groups is 1. The van der Waals surface area contributed by atoms with E-state index in [4.69, 9.17) is 9.47 Å². The van der Waals surface area contributed by atoms with Crippen molar-refractivity contribution in [3.8, 4) is 0 Å². The van der Waals surface area contributed by atoms with Gasteiger partial charge in [-0.05, 0) is 19.4 Å². The summed E-state index contributed by atoms with van der Waals surface area (Å²) in [4.78, 5) is 2.39. The molecule has 4 heteroatoms. The monoisotopic (exact) mass is 245 g/mol.